The molecule has 2 atom stereocenters. The number of hydrogen-bond acceptors (Lipinski definition) is 6. The highest BCUT2D eigenvalue weighted by Crippen LogP contribution is 2.22. The van der Waals surface area contributed by atoms with E-state index < -0.39 is 0 Å². The van der Waals surface area contributed by atoms with Crippen LogP contribution >= 0.6 is 22.6 Å². The Morgan fingerprint density at radius 1 is 0.660 bits per heavy atom. The van der Waals surface area contributed by atoms with Crippen LogP contribution in [0.5, 0.6) is 0 Å². The number of aliphatic hydroxyl groups excluding tert-OH is 3. The van der Waals surface area contributed by atoms with Gasteiger partial charge >= 0.3 is 0 Å². The Morgan fingerprint density at radius 3 is 1.51 bits per heavy atom. The number of pyridine rings is 2. The van der Waals surface area contributed by atoms with Crippen molar-refractivity contribution in [1.29, 1.82) is 0 Å². The fraction of sp³-hybridized carbons (Fsp3) is 0.500. The molecule has 47 heavy (non-hydrogen) atoms. The zero-order valence-corrected chi connectivity index (χ0v) is 30.4. The number of ketones is 1. The molecule has 8 nitrogen and oxygen atoms in total. The third-order valence-electron chi connectivity index (χ3n) is 8.91. The van der Waals surface area contributed by atoms with Crippen molar-refractivity contribution in [3.63, 3.8) is 0 Å². The number of carbonyl (C=O) groups is 1. The van der Waals surface area contributed by atoms with Crippen LogP contribution in [0.2, 0.25) is 0 Å². The van der Waals surface area contributed by atoms with Crippen molar-refractivity contribution in [1.82, 2.24) is 9.13 Å². The van der Waals surface area contributed by atoms with Crippen LogP contribution in [-0.4, -0.2) is 50.1 Å². The molecule has 0 spiro atoms. The molecular formula is C38H51IN2O6. The van der Waals surface area contributed by atoms with Crippen LogP contribution in [0.15, 0.2) is 70.5 Å². The molecule has 2 heterocycles. The van der Waals surface area contributed by atoms with Crippen LogP contribution in [0.25, 0.3) is 21.5 Å². The van der Waals surface area contributed by atoms with E-state index in [2.05, 4.69) is 22.6 Å². The fourth-order valence-corrected chi connectivity index (χ4v) is 6.70. The second-order valence-electron chi connectivity index (χ2n) is 12.9. The Bertz CT molecular complexity index is 1690. The van der Waals surface area contributed by atoms with Gasteiger partial charge < -0.3 is 24.5 Å². The highest BCUT2D eigenvalue weighted by molar-refractivity contribution is 14.1. The minimum Gasteiger partial charge on any atom is -0.396 e. The van der Waals surface area contributed by atoms with E-state index in [9.17, 15) is 24.6 Å². The minimum atomic E-state index is -0.298. The molecule has 2 aromatic carbocycles. The molecule has 256 valence electrons. The summed E-state index contributed by atoms with van der Waals surface area (Å²) in [5.74, 6) is 0.139. The lowest BCUT2D eigenvalue weighted by atomic mass is 10.00. The van der Waals surface area contributed by atoms with Crippen LogP contribution in [-0.2, 0) is 0 Å². The first-order valence-electron chi connectivity index (χ1n) is 16.9. The van der Waals surface area contributed by atoms with Gasteiger partial charge in [0.1, 0.15) is 0 Å². The Balaban J connectivity index is 0.000000214. The number of Topliss-reactive ketones (excluding diaryl/α,β-unsaturated/α-hetero) is 1. The molecule has 0 radical (unpaired) electrons. The monoisotopic (exact) mass is 758 g/mol. The van der Waals surface area contributed by atoms with Gasteiger partial charge in [-0.05, 0) is 70.1 Å². The summed E-state index contributed by atoms with van der Waals surface area (Å²) in [6, 6.07) is 13.9. The van der Waals surface area contributed by atoms with Gasteiger partial charge in [0.2, 0.25) is 0 Å². The summed E-state index contributed by atoms with van der Waals surface area (Å²) in [7, 11) is 0. The number of aromatic nitrogens is 2. The summed E-state index contributed by atoms with van der Waals surface area (Å²) in [4.78, 5) is 37.1. The van der Waals surface area contributed by atoms with Crippen molar-refractivity contribution >= 4 is 49.9 Å². The molecule has 2 unspecified atom stereocenters. The van der Waals surface area contributed by atoms with Crippen molar-refractivity contribution in [2.75, 3.05) is 19.8 Å². The van der Waals surface area contributed by atoms with E-state index in [1.54, 1.807) is 41.2 Å². The first-order chi connectivity index (χ1) is 22.6. The summed E-state index contributed by atoms with van der Waals surface area (Å²) in [6.07, 6.45) is 13.9. The van der Waals surface area contributed by atoms with Crippen molar-refractivity contribution < 1.29 is 20.1 Å². The van der Waals surface area contributed by atoms with Crippen LogP contribution in [0, 0.1) is 15.4 Å². The van der Waals surface area contributed by atoms with Gasteiger partial charge in [0.05, 0.1) is 31.9 Å². The van der Waals surface area contributed by atoms with E-state index in [0.717, 1.165) is 8.96 Å². The molecule has 1 aliphatic carbocycles. The average molecular weight is 759 g/mol. The number of halogens is 1. The number of benzene rings is 2. The van der Waals surface area contributed by atoms with E-state index in [1.807, 2.05) is 52.0 Å². The lowest BCUT2D eigenvalue weighted by Gasteiger charge is -2.21. The zero-order valence-electron chi connectivity index (χ0n) is 28.2. The van der Waals surface area contributed by atoms with E-state index in [0.29, 0.717) is 21.7 Å². The number of nitrogens with zero attached hydrogens (tertiary/aromatic N) is 2. The van der Waals surface area contributed by atoms with Crippen molar-refractivity contribution in [3.05, 3.63) is 90.8 Å². The maximum absolute atomic E-state index is 12.7. The fourth-order valence-electron chi connectivity index (χ4n) is 6.03. The van der Waals surface area contributed by atoms with E-state index in [4.69, 9.17) is 5.11 Å². The van der Waals surface area contributed by atoms with Gasteiger partial charge in [0.15, 0.2) is 5.78 Å². The number of carbonyl (C=O) groups excluding carboxylic acids is 1. The molecular weight excluding hydrogens is 707 g/mol. The summed E-state index contributed by atoms with van der Waals surface area (Å²) in [5, 5.41) is 30.6. The number of fused-ring (bicyclic) bond motifs is 2. The van der Waals surface area contributed by atoms with Gasteiger partial charge in [-0.2, -0.15) is 0 Å². The maximum Gasteiger partial charge on any atom is 0.258 e. The normalized spacial score (nSPS) is 14.6. The molecule has 2 aromatic heterocycles. The second kappa shape index (κ2) is 19.2. The van der Waals surface area contributed by atoms with Gasteiger partial charge in [-0.3, -0.25) is 14.4 Å². The Hall–Kier alpha value is -2.86. The third-order valence-corrected chi connectivity index (χ3v) is 9.85. The summed E-state index contributed by atoms with van der Waals surface area (Å²) in [6.45, 7) is 7.54. The number of hydrogen-bond donors (Lipinski definition) is 3. The van der Waals surface area contributed by atoms with Crippen LogP contribution < -0.4 is 11.1 Å². The maximum atomic E-state index is 12.7. The third kappa shape index (κ3) is 10.1. The zero-order chi connectivity index (χ0) is 34.5. The molecule has 0 saturated heterocycles. The largest absolute Gasteiger partial charge is 0.396 e. The van der Waals surface area contributed by atoms with Gasteiger partial charge in [0, 0.05) is 44.1 Å². The summed E-state index contributed by atoms with van der Waals surface area (Å²) in [5.41, 5.74) is 0.198. The second-order valence-corrected chi connectivity index (χ2v) is 14.0. The molecule has 0 amide bonds. The summed E-state index contributed by atoms with van der Waals surface area (Å²) < 4.78 is 4.23. The van der Waals surface area contributed by atoms with Crippen molar-refractivity contribution in [3.8, 4) is 0 Å². The molecule has 1 fully saturated rings. The first kappa shape index (κ1) is 38.6. The summed E-state index contributed by atoms with van der Waals surface area (Å²) >= 11 is 2.23. The van der Waals surface area contributed by atoms with Gasteiger partial charge in [0.25, 0.3) is 11.1 Å². The lowest BCUT2D eigenvalue weighted by molar-refractivity contribution is 0.0958. The molecule has 5 rings (SSSR count). The van der Waals surface area contributed by atoms with E-state index in [-0.39, 0.29) is 67.1 Å². The average Bonchev–Trinajstić information content (AvgIpc) is 3.38. The number of aliphatic hydroxyl groups is 3. The Kier molecular flexibility index (Phi) is 15.8. The molecule has 4 aromatic rings. The smallest absolute Gasteiger partial charge is 0.258 e. The number of rotatable bonds is 9. The van der Waals surface area contributed by atoms with Crippen molar-refractivity contribution in [2.24, 2.45) is 11.8 Å². The Labute approximate surface area is 291 Å². The molecule has 9 heteroatoms. The molecule has 0 bridgehead atoms. The minimum absolute atomic E-state index is 0.0208. The molecule has 3 N–H and O–H groups in total. The van der Waals surface area contributed by atoms with Crippen LogP contribution in [0.3, 0.4) is 0 Å². The molecule has 1 saturated carbocycles. The van der Waals surface area contributed by atoms with Gasteiger partial charge in [-0.15, -0.1) is 0 Å². The molecule has 1 aliphatic rings. The first-order valence-corrected chi connectivity index (χ1v) is 17.9. The topological polar surface area (TPSA) is 122 Å². The predicted octanol–water partition coefficient (Wildman–Crippen LogP) is 7.28. The van der Waals surface area contributed by atoms with E-state index >= 15 is 0 Å². The molecule has 0 aliphatic heterocycles. The highest BCUT2D eigenvalue weighted by Gasteiger charge is 2.19. The SMILES string of the molecule is C1CCCCCC1.CC(C)C(CO)n1ccc2c(C(=O)CCO)cccc2c1=O.CC(C)C(CO)n1ccc2c(I)cccc2c1=O. The van der Waals surface area contributed by atoms with Gasteiger partial charge in [-0.1, -0.05) is 90.8 Å². The lowest BCUT2D eigenvalue weighted by Crippen LogP contribution is -2.30. The van der Waals surface area contributed by atoms with Crippen LogP contribution in [0.1, 0.15) is 102 Å². The van der Waals surface area contributed by atoms with E-state index in [1.165, 1.54) is 49.5 Å². The standard InChI is InChI=1S/C17H21NO4.C14H16INO2.C7H14/c1-11(2)15(10-20)18-8-6-12-13(16(21)7-9-19)4-3-5-14(12)17(18)22;1-9(2)13(8-17)16-7-6-10-11(14(16)18)4-3-5-12(10)15;1-2-4-6-7-5-3-1/h3-6,8,11,15,19-20H,7,9-10H2,1-2H3;3-7,9,13,17H,8H2,1-2H3;1-7H2. The van der Waals surface area contributed by atoms with Gasteiger partial charge in [-0.25, -0.2) is 0 Å². The Morgan fingerprint density at radius 2 is 1.09 bits per heavy atom. The van der Waals surface area contributed by atoms with Crippen LogP contribution in [0.4, 0.5) is 0 Å². The quantitative estimate of drug-likeness (QED) is 0.0938. The predicted molar refractivity (Wildman–Crippen MR) is 199 cm³/mol. The van der Waals surface area contributed by atoms with Crippen molar-refractivity contribution in [2.45, 2.75) is 91.1 Å². The highest BCUT2D eigenvalue weighted by atomic mass is 127.